The molecule has 15 heteroatoms. The van der Waals surface area contributed by atoms with Crippen LogP contribution in [0.5, 0.6) is 11.5 Å². The van der Waals surface area contributed by atoms with E-state index in [1.165, 1.54) is 47.5 Å². The maximum atomic E-state index is 15.5. The van der Waals surface area contributed by atoms with Crippen molar-refractivity contribution in [2.24, 2.45) is 5.92 Å². The first kappa shape index (κ1) is 32.5. The summed E-state index contributed by atoms with van der Waals surface area (Å²) in [6, 6.07) is 4.55. The largest absolute Gasteiger partial charge is 0.497 e. The number of rotatable bonds is 10. The van der Waals surface area contributed by atoms with E-state index in [1.807, 2.05) is 0 Å². The van der Waals surface area contributed by atoms with E-state index < -0.39 is 65.5 Å². The van der Waals surface area contributed by atoms with Gasteiger partial charge in [-0.1, -0.05) is 0 Å². The van der Waals surface area contributed by atoms with Crippen molar-refractivity contribution in [1.29, 1.82) is 0 Å². The Hall–Kier alpha value is -3.40. The number of pyridine rings is 1. The molecule has 1 fully saturated rings. The van der Waals surface area contributed by atoms with Crippen LogP contribution >= 0.6 is 18.5 Å². The second-order valence-corrected chi connectivity index (χ2v) is 11.2. The minimum atomic E-state index is -3.97. The molecule has 2 unspecified atom stereocenters. The molecule has 0 bridgehead atoms. The van der Waals surface area contributed by atoms with Crippen LogP contribution in [-0.2, 0) is 10.8 Å². The number of benzene rings is 2. The van der Waals surface area contributed by atoms with Crippen molar-refractivity contribution in [2.45, 2.75) is 31.2 Å². The Balaban J connectivity index is 1.77. The van der Waals surface area contributed by atoms with Gasteiger partial charge in [-0.25, -0.2) is 4.39 Å². The van der Waals surface area contributed by atoms with E-state index >= 15 is 4.39 Å². The number of aliphatic hydroxyl groups is 1. The van der Waals surface area contributed by atoms with Gasteiger partial charge in [-0.3, -0.25) is 19.0 Å². The molecule has 1 aromatic heterocycles. The third-order valence-corrected chi connectivity index (χ3v) is 7.70. The number of hydrogen-bond acceptors (Lipinski definition) is 6. The van der Waals surface area contributed by atoms with Crippen molar-refractivity contribution in [3.63, 3.8) is 0 Å². The maximum Gasteiger partial charge on any atom is 0.408 e. The number of ketones is 1. The molecule has 4 atom stereocenters. The zero-order valence-electron chi connectivity index (χ0n) is 22.8. The average Bonchev–Trinajstić information content (AvgIpc) is 3.22. The number of carbonyl (C=O) groups is 2. The lowest BCUT2D eigenvalue weighted by molar-refractivity contribution is -0.124. The smallest absolute Gasteiger partial charge is 0.408 e. The molecule has 1 aliphatic rings. The van der Waals surface area contributed by atoms with E-state index in [0.29, 0.717) is 5.30 Å². The van der Waals surface area contributed by atoms with Gasteiger partial charge in [0.25, 0.3) is 5.56 Å². The lowest BCUT2D eigenvalue weighted by Gasteiger charge is -2.23. The summed E-state index contributed by atoms with van der Waals surface area (Å²) < 4.78 is 80.1. The number of aromatic nitrogens is 1. The van der Waals surface area contributed by atoms with E-state index in [2.05, 4.69) is 14.0 Å². The lowest BCUT2D eigenvalue weighted by Crippen LogP contribution is -2.41. The van der Waals surface area contributed by atoms with E-state index in [-0.39, 0.29) is 39.3 Å². The fraction of sp³-hybridized carbons (Fsp3) is 0.321. The summed E-state index contributed by atoms with van der Waals surface area (Å²) in [5.41, 5.74) is -1.41. The van der Waals surface area contributed by atoms with Crippen molar-refractivity contribution < 1.29 is 46.1 Å². The molecule has 1 saturated heterocycles. The van der Waals surface area contributed by atoms with Crippen LogP contribution in [0, 0.1) is 18.7 Å². The monoisotopic (exact) mass is 644 g/mol. The first-order chi connectivity index (χ1) is 20.1. The number of Topliss-reactive ketones (excluding diaryl/α,β-unsaturated/α-hetero) is 1. The fourth-order valence-electron chi connectivity index (χ4n) is 5.09. The van der Waals surface area contributed by atoms with Crippen LogP contribution in [0.15, 0.2) is 53.5 Å². The third kappa shape index (κ3) is 6.74. The molecule has 43 heavy (non-hydrogen) atoms. The molecule has 1 amide bonds. The molecule has 3 aromatic rings. The summed E-state index contributed by atoms with van der Waals surface area (Å²) in [6.45, 7) is -0.576. The number of halogens is 5. The van der Waals surface area contributed by atoms with Gasteiger partial charge in [0.2, 0.25) is 5.91 Å². The van der Waals surface area contributed by atoms with Gasteiger partial charge in [0, 0.05) is 42.3 Å². The predicted octanol–water partition coefficient (Wildman–Crippen LogP) is 4.17. The number of alkyl halides is 4. The lowest BCUT2D eigenvalue weighted by atomic mass is 9.84. The highest BCUT2D eigenvalue weighted by Gasteiger charge is 2.46. The van der Waals surface area contributed by atoms with Gasteiger partial charge in [-0.2, -0.15) is 17.6 Å². The second kappa shape index (κ2) is 12.3. The van der Waals surface area contributed by atoms with Gasteiger partial charge < -0.3 is 19.5 Å². The highest BCUT2D eigenvalue weighted by Crippen LogP contribution is 2.41. The Bertz CT molecular complexity index is 1590. The van der Waals surface area contributed by atoms with Crippen LogP contribution in [0.3, 0.4) is 0 Å². The first-order valence-corrected chi connectivity index (χ1v) is 13.9. The Kier molecular flexibility index (Phi) is 9.30. The van der Waals surface area contributed by atoms with Gasteiger partial charge in [0.15, 0.2) is 5.78 Å². The third-order valence-electron chi connectivity index (χ3n) is 7.11. The topological polar surface area (TPSA) is 98.1 Å². The highest BCUT2D eigenvalue weighted by atomic mass is 31.0. The minimum Gasteiger partial charge on any atom is -0.497 e. The molecule has 0 spiro atoms. The zero-order chi connectivity index (χ0) is 31.9. The molecule has 2 aromatic carbocycles. The van der Waals surface area contributed by atoms with Crippen LogP contribution in [-0.4, -0.2) is 47.5 Å². The molecule has 230 valence electrons. The van der Waals surface area contributed by atoms with Crippen molar-refractivity contribution in [1.82, 2.24) is 4.57 Å². The minimum absolute atomic E-state index is 0.00707. The summed E-state index contributed by atoms with van der Waals surface area (Å²) in [5.74, 6) is -7.96. The maximum absolute atomic E-state index is 15.5. The molecule has 0 aliphatic carbocycles. The Morgan fingerprint density at radius 3 is 2.30 bits per heavy atom. The summed E-state index contributed by atoms with van der Waals surface area (Å²) in [4.78, 5) is 41.4. The number of aliphatic hydroxyl groups excluding tert-OH is 1. The number of methoxy groups -OCH3 is 1. The number of aryl methyl sites for hydroxylation is 1. The van der Waals surface area contributed by atoms with Gasteiger partial charge in [-0.05, 0) is 63.4 Å². The predicted molar refractivity (Wildman–Crippen MR) is 154 cm³/mol. The number of nitrogens with zero attached hydrogens (tertiary/aromatic N) is 2. The summed E-state index contributed by atoms with van der Waals surface area (Å²) in [7, 11) is 4.89. The molecular weight excluding hydrogens is 617 g/mol. The standard InChI is InChI=1S/C28H27F5N2O6P2/c1-14-7-8-35(27(30,31)13-36)26(39)24(14)34-12-19(23-20(29)9-17(40-2)10-22(23)42)18(25(34)38)11-21(37)15-3-5-16(6-4-15)41-28(32,33)43/h3-10,18-19,36H,11-13,42-43H2,1-2H3/t18-,19+/m0/s1. The summed E-state index contributed by atoms with van der Waals surface area (Å²) in [6.07, 6.45) is 0.309. The zero-order valence-corrected chi connectivity index (χ0v) is 25.1. The molecular formula is C28H27F5N2O6P2. The van der Waals surface area contributed by atoms with Crippen LogP contribution in [0.25, 0.3) is 0 Å². The number of amides is 1. The molecule has 1 aliphatic heterocycles. The van der Waals surface area contributed by atoms with Gasteiger partial charge in [0.1, 0.15) is 29.6 Å². The number of hydrogen-bond donors (Lipinski definition) is 1. The SMILES string of the molecule is COc1cc(F)c([C@@H]2CN(c3c(C)ccn(C(F)(F)CO)c3=O)C(=O)[C@H]2CC(=O)c2ccc(OC(F)(F)P)cc2)c(P)c1. The van der Waals surface area contributed by atoms with E-state index in [0.717, 1.165) is 29.3 Å². The second-order valence-electron chi connectivity index (χ2n) is 9.94. The van der Waals surface area contributed by atoms with Crippen molar-refractivity contribution in [3.05, 3.63) is 81.5 Å². The summed E-state index contributed by atoms with van der Waals surface area (Å²) >= 11 is 0. The Morgan fingerprint density at radius 1 is 1.09 bits per heavy atom. The van der Waals surface area contributed by atoms with E-state index in [9.17, 15) is 31.9 Å². The first-order valence-electron chi connectivity index (χ1n) is 12.7. The van der Waals surface area contributed by atoms with Crippen molar-refractivity contribution >= 4 is 41.2 Å². The number of ether oxygens (including phenoxy) is 2. The van der Waals surface area contributed by atoms with E-state index in [1.54, 1.807) is 0 Å². The van der Waals surface area contributed by atoms with Gasteiger partial charge >= 0.3 is 11.9 Å². The molecule has 0 radical (unpaired) electrons. The van der Waals surface area contributed by atoms with Crippen LogP contribution in [0.2, 0.25) is 0 Å². The average molecular weight is 644 g/mol. The van der Waals surface area contributed by atoms with Gasteiger partial charge in [-0.15, -0.1) is 9.24 Å². The quantitative estimate of drug-likeness (QED) is 0.202. The van der Waals surface area contributed by atoms with Crippen molar-refractivity contribution in [3.8, 4) is 11.5 Å². The Morgan fingerprint density at radius 2 is 1.74 bits per heavy atom. The van der Waals surface area contributed by atoms with Crippen LogP contribution in [0.1, 0.15) is 33.8 Å². The van der Waals surface area contributed by atoms with Gasteiger partial charge in [0.05, 0.1) is 13.0 Å². The van der Waals surface area contributed by atoms with Crippen molar-refractivity contribution in [2.75, 3.05) is 25.2 Å². The molecule has 4 rings (SSSR count). The highest BCUT2D eigenvalue weighted by molar-refractivity contribution is 7.27. The molecule has 2 heterocycles. The molecule has 8 nitrogen and oxygen atoms in total. The number of carbonyl (C=O) groups excluding carboxylic acids is 2. The molecule has 1 N–H and O–H groups in total. The fourth-order valence-corrected chi connectivity index (χ4v) is 5.75. The van der Waals surface area contributed by atoms with Crippen LogP contribution < -0.4 is 25.2 Å². The normalized spacial score (nSPS) is 17.3. The van der Waals surface area contributed by atoms with E-state index in [4.69, 9.17) is 9.84 Å². The molecule has 0 saturated carbocycles. The number of anilines is 1. The van der Waals surface area contributed by atoms with Crippen LogP contribution in [0.4, 0.5) is 27.6 Å². The summed E-state index contributed by atoms with van der Waals surface area (Å²) in [5, 5.41) is 9.45. The Labute approximate surface area is 247 Å².